The Morgan fingerprint density at radius 2 is 2.17 bits per heavy atom. The van der Waals surface area contributed by atoms with E-state index in [0.29, 0.717) is 28.7 Å². The van der Waals surface area contributed by atoms with E-state index in [4.69, 9.17) is 0 Å². The third-order valence-corrected chi connectivity index (χ3v) is 6.19. The van der Waals surface area contributed by atoms with E-state index in [-0.39, 0.29) is 17.7 Å². The minimum atomic E-state index is -0.977. The molecule has 4 atom stereocenters. The van der Waals surface area contributed by atoms with Crippen LogP contribution in [0.1, 0.15) is 31.4 Å². The summed E-state index contributed by atoms with van der Waals surface area (Å²) in [6.07, 6.45) is 9.43. The Kier molecular flexibility index (Phi) is 4.78. The second-order valence-electron chi connectivity index (χ2n) is 8.05. The Bertz CT molecular complexity index is 1050. The molecule has 2 saturated heterocycles. The van der Waals surface area contributed by atoms with Crippen LogP contribution in [0, 0.1) is 5.92 Å². The fourth-order valence-corrected chi connectivity index (χ4v) is 4.56. The summed E-state index contributed by atoms with van der Waals surface area (Å²) in [7, 11) is 0. The SMILES string of the molecule is C=C(c1cnc(-c2ccc(-n3ccnc3)cc2O)nn1)[C@@H]1CC2CCCC(N2)[C@@H]1F. The number of hydrogen-bond acceptors (Lipinski definition) is 6. The zero-order valence-electron chi connectivity index (χ0n) is 16.4. The van der Waals surface area contributed by atoms with E-state index in [0.717, 1.165) is 31.4 Å². The zero-order chi connectivity index (χ0) is 20.7. The van der Waals surface area contributed by atoms with Crippen molar-refractivity contribution in [3.63, 3.8) is 0 Å². The van der Waals surface area contributed by atoms with Crippen LogP contribution in [0.15, 0.2) is 49.7 Å². The van der Waals surface area contributed by atoms with Crippen LogP contribution in [0.5, 0.6) is 5.75 Å². The number of allylic oxidation sites excluding steroid dienone is 1. The first-order valence-corrected chi connectivity index (χ1v) is 10.2. The summed E-state index contributed by atoms with van der Waals surface area (Å²) in [5, 5.41) is 22.2. The monoisotopic (exact) mass is 406 g/mol. The summed E-state index contributed by atoms with van der Waals surface area (Å²) in [6.45, 7) is 4.12. The van der Waals surface area contributed by atoms with Gasteiger partial charge < -0.3 is 15.0 Å². The van der Waals surface area contributed by atoms with E-state index in [1.165, 1.54) is 0 Å². The van der Waals surface area contributed by atoms with Crippen molar-refractivity contribution in [3.05, 3.63) is 55.4 Å². The van der Waals surface area contributed by atoms with Gasteiger partial charge in [0.25, 0.3) is 0 Å². The summed E-state index contributed by atoms with van der Waals surface area (Å²) >= 11 is 0. The lowest BCUT2D eigenvalue weighted by Crippen LogP contribution is -2.55. The number of alkyl halides is 1. The number of nitrogens with one attached hydrogen (secondary N) is 1. The Morgan fingerprint density at radius 1 is 1.27 bits per heavy atom. The minimum Gasteiger partial charge on any atom is -0.507 e. The number of hydrogen-bond donors (Lipinski definition) is 2. The highest BCUT2D eigenvalue weighted by Crippen LogP contribution is 2.38. The van der Waals surface area contributed by atoms with Gasteiger partial charge in [-0.15, -0.1) is 10.2 Å². The van der Waals surface area contributed by atoms with Crippen molar-refractivity contribution in [1.29, 1.82) is 0 Å². The lowest BCUT2D eigenvalue weighted by molar-refractivity contribution is 0.0982. The van der Waals surface area contributed by atoms with Gasteiger partial charge in [-0.3, -0.25) is 0 Å². The number of rotatable bonds is 4. The van der Waals surface area contributed by atoms with Gasteiger partial charge >= 0.3 is 0 Å². The average molecular weight is 406 g/mol. The van der Waals surface area contributed by atoms with Crippen molar-refractivity contribution < 1.29 is 9.50 Å². The van der Waals surface area contributed by atoms with Crippen LogP contribution in [0.2, 0.25) is 0 Å². The highest BCUT2D eigenvalue weighted by atomic mass is 19.1. The quantitative estimate of drug-likeness (QED) is 0.691. The Hall–Kier alpha value is -3.13. The number of aromatic hydroxyl groups is 1. The van der Waals surface area contributed by atoms with Crippen molar-refractivity contribution in [2.24, 2.45) is 5.92 Å². The van der Waals surface area contributed by atoms with E-state index >= 15 is 0 Å². The summed E-state index contributed by atoms with van der Waals surface area (Å²) < 4.78 is 16.8. The third kappa shape index (κ3) is 3.37. The molecule has 3 aromatic rings. The maximum absolute atomic E-state index is 15.0. The summed E-state index contributed by atoms with van der Waals surface area (Å²) in [5.41, 5.74) is 2.40. The number of piperidine rings is 2. The van der Waals surface area contributed by atoms with Crippen LogP contribution in [0.3, 0.4) is 0 Å². The van der Waals surface area contributed by atoms with Crippen LogP contribution in [-0.4, -0.2) is 48.1 Å². The number of nitrogens with zero attached hydrogens (tertiary/aromatic N) is 5. The van der Waals surface area contributed by atoms with Gasteiger partial charge in [0.15, 0.2) is 5.82 Å². The van der Waals surface area contributed by atoms with E-state index in [1.54, 1.807) is 41.6 Å². The molecule has 2 bridgehead atoms. The Labute approximate surface area is 173 Å². The molecule has 5 rings (SSSR count). The maximum Gasteiger partial charge on any atom is 0.185 e. The van der Waals surface area contributed by atoms with Crippen LogP contribution < -0.4 is 5.32 Å². The molecule has 2 aliphatic rings. The van der Waals surface area contributed by atoms with E-state index in [1.807, 2.05) is 6.07 Å². The first kappa shape index (κ1) is 18.9. The fourth-order valence-electron chi connectivity index (χ4n) is 4.56. The highest BCUT2D eigenvalue weighted by Gasteiger charge is 2.41. The van der Waals surface area contributed by atoms with Gasteiger partial charge in [-0.25, -0.2) is 14.4 Å². The number of aromatic nitrogens is 5. The number of benzene rings is 1. The van der Waals surface area contributed by atoms with Gasteiger partial charge in [-0.1, -0.05) is 13.0 Å². The predicted octanol–water partition coefficient (Wildman–Crippen LogP) is 3.31. The molecule has 30 heavy (non-hydrogen) atoms. The summed E-state index contributed by atoms with van der Waals surface area (Å²) in [4.78, 5) is 8.37. The van der Waals surface area contributed by atoms with Gasteiger partial charge in [0, 0.05) is 36.5 Å². The standard InChI is InChI=1S/C22H23FN6O/c1-13(17-9-14-3-2-4-18(26-14)21(17)23)19-11-25-22(28-27-19)16-6-5-15(10-20(16)30)29-8-7-24-12-29/h5-8,10-12,14,17-18,21,26,30H,1-4,9H2/t14?,17-,18?,21+/m0/s1. The smallest absolute Gasteiger partial charge is 0.185 e. The average Bonchev–Trinajstić information content (AvgIpc) is 3.31. The van der Waals surface area contributed by atoms with E-state index in [2.05, 4.69) is 32.1 Å². The molecule has 0 radical (unpaired) electrons. The number of halogens is 1. The molecule has 2 aliphatic heterocycles. The second-order valence-corrected chi connectivity index (χ2v) is 8.05. The van der Waals surface area contributed by atoms with Crippen molar-refractivity contribution in [1.82, 2.24) is 30.0 Å². The molecule has 1 aromatic carbocycles. The molecule has 2 N–H and O–H groups in total. The zero-order valence-corrected chi connectivity index (χ0v) is 16.4. The number of fused-ring (bicyclic) bond motifs is 2. The minimum absolute atomic E-state index is 0.0459. The molecule has 0 spiro atoms. The predicted molar refractivity (Wildman–Crippen MR) is 111 cm³/mol. The molecular formula is C22H23FN6O. The molecule has 7 nitrogen and oxygen atoms in total. The number of imidazole rings is 1. The molecule has 4 heterocycles. The third-order valence-electron chi connectivity index (χ3n) is 6.19. The fraction of sp³-hybridized carbons (Fsp3) is 0.364. The molecule has 8 heteroatoms. The van der Waals surface area contributed by atoms with Crippen molar-refractivity contribution in [3.8, 4) is 22.8 Å². The Balaban J connectivity index is 1.36. The summed E-state index contributed by atoms with van der Waals surface area (Å²) in [5.74, 6) is 0.0798. The molecule has 2 fully saturated rings. The molecule has 2 unspecified atom stereocenters. The van der Waals surface area contributed by atoms with Gasteiger partial charge in [0.1, 0.15) is 17.6 Å². The number of phenolic OH excluding ortho intramolecular Hbond substituents is 1. The second kappa shape index (κ2) is 7.60. The van der Waals surface area contributed by atoms with Gasteiger partial charge in [-0.2, -0.15) is 0 Å². The van der Waals surface area contributed by atoms with Crippen molar-refractivity contribution in [2.45, 2.75) is 43.9 Å². The van der Waals surface area contributed by atoms with E-state index < -0.39 is 6.17 Å². The molecular weight excluding hydrogens is 383 g/mol. The normalized spacial score (nSPS) is 25.8. The molecule has 0 aliphatic carbocycles. The highest BCUT2D eigenvalue weighted by molar-refractivity contribution is 5.67. The lowest BCUT2D eigenvalue weighted by atomic mass is 9.75. The van der Waals surface area contributed by atoms with Crippen LogP contribution in [0.4, 0.5) is 4.39 Å². The largest absolute Gasteiger partial charge is 0.507 e. The van der Waals surface area contributed by atoms with Crippen molar-refractivity contribution >= 4 is 5.57 Å². The van der Waals surface area contributed by atoms with Crippen LogP contribution in [-0.2, 0) is 0 Å². The lowest BCUT2D eigenvalue weighted by Gasteiger charge is -2.43. The van der Waals surface area contributed by atoms with Gasteiger partial charge in [0.05, 0.1) is 23.8 Å². The maximum atomic E-state index is 15.0. The van der Waals surface area contributed by atoms with Gasteiger partial charge in [0.2, 0.25) is 0 Å². The van der Waals surface area contributed by atoms with E-state index in [9.17, 15) is 9.50 Å². The first-order chi connectivity index (χ1) is 14.6. The van der Waals surface area contributed by atoms with Gasteiger partial charge in [-0.05, 0) is 37.0 Å². The van der Waals surface area contributed by atoms with Crippen LogP contribution in [0.25, 0.3) is 22.6 Å². The molecule has 0 saturated carbocycles. The topological polar surface area (TPSA) is 88.8 Å². The van der Waals surface area contributed by atoms with Crippen molar-refractivity contribution in [2.75, 3.05) is 0 Å². The first-order valence-electron chi connectivity index (χ1n) is 10.2. The van der Waals surface area contributed by atoms with Crippen LogP contribution >= 0.6 is 0 Å². The summed E-state index contributed by atoms with van der Waals surface area (Å²) in [6, 6.07) is 5.43. The molecule has 0 amide bonds. The number of phenols is 1. The Morgan fingerprint density at radius 3 is 2.90 bits per heavy atom. The molecule has 2 aromatic heterocycles. The molecule has 154 valence electrons.